The fourth-order valence-corrected chi connectivity index (χ4v) is 0. The van der Waals surface area contributed by atoms with Crippen molar-refractivity contribution in [3.05, 3.63) is 0 Å². The highest BCUT2D eigenvalue weighted by Crippen LogP contribution is 2.29. The van der Waals surface area contributed by atoms with Crippen molar-refractivity contribution in [2.24, 2.45) is 0 Å². The molecule has 0 saturated heterocycles. The minimum atomic E-state index is -3.90. The monoisotopic (exact) mass is 128 g/mol. The highest BCUT2D eigenvalue weighted by atomic mass is 19.3. The van der Waals surface area contributed by atoms with E-state index in [2.05, 4.69) is 0 Å². The van der Waals surface area contributed by atoms with E-state index in [4.69, 9.17) is 0 Å². The van der Waals surface area contributed by atoms with Crippen LogP contribution in [-0.2, 0) is 0 Å². The lowest BCUT2D eigenvalue weighted by molar-refractivity contribution is -0.144. The van der Waals surface area contributed by atoms with Gasteiger partial charge in [0.05, 0.1) is 0 Å². The first-order valence-corrected chi connectivity index (χ1v) is 2.01. The van der Waals surface area contributed by atoms with Crippen LogP contribution in [0.3, 0.4) is 0 Å². The zero-order valence-electron chi connectivity index (χ0n) is 4.51. The molecule has 5 heteroatoms. The average Bonchev–Trinajstić information content (AvgIpc) is 1.25. The molecule has 8 heavy (non-hydrogen) atoms. The van der Waals surface area contributed by atoms with E-state index in [9.17, 15) is 17.6 Å². The Morgan fingerprint density at radius 1 is 1.12 bits per heavy atom. The summed E-state index contributed by atoms with van der Waals surface area (Å²) >= 11 is 0. The molecule has 0 saturated carbocycles. The normalized spacial score (nSPS) is 14.1. The summed E-state index contributed by atoms with van der Waals surface area (Å²) in [6, 6.07) is 0. The van der Waals surface area contributed by atoms with Crippen molar-refractivity contribution in [3.8, 4) is 0 Å². The fourth-order valence-electron chi connectivity index (χ4n) is 0. The smallest absolute Gasteiger partial charge is 0.212 e. The first kappa shape index (κ1) is 7.78. The number of hydrogen-bond donors (Lipinski definition) is 0. The van der Waals surface area contributed by atoms with Crippen LogP contribution in [0.25, 0.3) is 0 Å². The van der Waals surface area contributed by atoms with E-state index in [1.807, 2.05) is 0 Å². The Balaban J connectivity index is 4.02. The summed E-state index contributed by atoms with van der Waals surface area (Å²) in [7, 11) is 0.188. The standard InChI is InChI=1S/C3H5BF4/c1-2(5,6)3(4,7)8/h4H2,1H3. The number of halogens is 4. The summed E-state index contributed by atoms with van der Waals surface area (Å²) in [4.78, 5) is 0. The molecule has 0 bridgehead atoms. The van der Waals surface area contributed by atoms with E-state index in [-0.39, 0.29) is 14.8 Å². The van der Waals surface area contributed by atoms with Crippen LogP contribution in [0.4, 0.5) is 17.6 Å². The molecule has 0 aromatic rings. The van der Waals surface area contributed by atoms with Crippen LogP contribution in [-0.4, -0.2) is 19.6 Å². The molecule has 0 heterocycles. The zero-order valence-corrected chi connectivity index (χ0v) is 4.51. The van der Waals surface area contributed by atoms with Gasteiger partial charge in [-0.2, -0.15) is 0 Å². The van der Waals surface area contributed by atoms with Gasteiger partial charge in [-0.1, -0.05) is 0 Å². The van der Waals surface area contributed by atoms with Crippen LogP contribution in [0.5, 0.6) is 0 Å². The number of rotatable bonds is 1. The third kappa shape index (κ3) is 1.72. The first-order chi connectivity index (χ1) is 3.25. The maximum absolute atomic E-state index is 11.5. The van der Waals surface area contributed by atoms with Crippen LogP contribution >= 0.6 is 0 Å². The molecule has 0 rings (SSSR count). The predicted molar refractivity (Wildman–Crippen MR) is 24.1 cm³/mol. The Hall–Kier alpha value is -0.215. The molecule has 0 unspecified atom stereocenters. The Bertz CT molecular complexity index is 66.3. The number of alkyl halides is 4. The lowest BCUT2D eigenvalue weighted by Gasteiger charge is -2.17. The fraction of sp³-hybridized carbons (Fsp3) is 1.00. The third-order valence-electron chi connectivity index (χ3n) is 0.771. The molecule has 0 aliphatic heterocycles. The summed E-state index contributed by atoms with van der Waals surface area (Å²) in [5.74, 6) is -7.79. The molecule has 0 aromatic carbocycles. The lowest BCUT2D eigenvalue weighted by Crippen LogP contribution is -2.37. The van der Waals surface area contributed by atoms with E-state index >= 15 is 0 Å². The van der Waals surface area contributed by atoms with Gasteiger partial charge in [-0.15, -0.1) is 0 Å². The summed E-state index contributed by atoms with van der Waals surface area (Å²) in [6.07, 6.45) is 0. The van der Waals surface area contributed by atoms with E-state index < -0.39 is 11.7 Å². The topological polar surface area (TPSA) is 0 Å². The van der Waals surface area contributed by atoms with Crippen LogP contribution in [0.1, 0.15) is 6.92 Å². The summed E-state index contributed by atoms with van der Waals surface area (Å²) in [6.45, 7) is 0.188. The largest absolute Gasteiger partial charge is 0.298 e. The van der Waals surface area contributed by atoms with Crippen molar-refractivity contribution in [3.63, 3.8) is 0 Å². The molecule has 0 aliphatic carbocycles. The van der Waals surface area contributed by atoms with Gasteiger partial charge in [0.1, 0.15) is 0 Å². The Morgan fingerprint density at radius 2 is 1.25 bits per heavy atom. The minimum Gasteiger partial charge on any atom is -0.212 e. The number of hydrogen-bond acceptors (Lipinski definition) is 0. The van der Waals surface area contributed by atoms with Crippen molar-refractivity contribution >= 4 is 7.85 Å². The van der Waals surface area contributed by atoms with Gasteiger partial charge in [0.25, 0.3) is 11.7 Å². The average molecular weight is 128 g/mol. The van der Waals surface area contributed by atoms with Crippen molar-refractivity contribution in [2.75, 3.05) is 0 Å². The summed E-state index contributed by atoms with van der Waals surface area (Å²) in [5.41, 5.74) is 0. The van der Waals surface area contributed by atoms with Crippen LogP contribution in [0, 0.1) is 0 Å². The quantitative estimate of drug-likeness (QED) is 0.363. The summed E-state index contributed by atoms with van der Waals surface area (Å²) < 4.78 is 45.9. The van der Waals surface area contributed by atoms with Crippen LogP contribution < -0.4 is 0 Å². The molecule has 0 radical (unpaired) electrons. The second-order valence-corrected chi connectivity index (χ2v) is 1.78. The highest BCUT2D eigenvalue weighted by Gasteiger charge is 2.46. The zero-order chi connectivity index (χ0) is 7.00. The molecule has 0 N–H and O–H groups in total. The van der Waals surface area contributed by atoms with E-state index in [1.54, 1.807) is 0 Å². The van der Waals surface area contributed by atoms with Gasteiger partial charge in [0.15, 0.2) is 0 Å². The SMILES string of the molecule is BC(F)(F)C(C)(F)F. The molecule has 0 aromatic heterocycles. The summed E-state index contributed by atoms with van der Waals surface area (Å²) in [5, 5.41) is 0. The maximum Gasteiger partial charge on any atom is 0.298 e. The van der Waals surface area contributed by atoms with E-state index in [1.165, 1.54) is 0 Å². The first-order valence-electron chi connectivity index (χ1n) is 2.01. The Kier molecular flexibility index (Phi) is 1.59. The van der Waals surface area contributed by atoms with Crippen molar-refractivity contribution in [1.29, 1.82) is 0 Å². The molecule has 0 aliphatic rings. The lowest BCUT2D eigenvalue weighted by atomic mass is 9.93. The third-order valence-corrected chi connectivity index (χ3v) is 0.771. The van der Waals surface area contributed by atoms with Gasteiger partial charge in [-0.05, 0) is 0 Å². The molecular weight excluding hydrogens is 123 g/mol. The molecule has 0 fully saturated rings. The van der Waals surface area contributed by atoms with Gasteiger partial charge in [-0.3, -0.25) is 0 Å². The van der Waals surface area contributed by atoms with Crippen LogP contribution in [0.15, 0.2) is 0 Å². The van der Waals surface area contributed by atoms with Gasteiger partial charge in [0.2, 0.25) is 7.85 Å². The second-order valence-electron chi connectivity index (χ2n) is 1.78. The Morgan fingerprint density at radius 3 is 1.25 bits per heavy atom. The molecule has 0 amide bonds. The minimum absolute atomic E-state index is 0.188. The predicted octanol–water partition coefficient (Wildman–Crippen LogP) is 0.867. The molecular formula is C3H5BF4. The molecule has 48 valence electrons. The van der Waals surface area contributed by atoms with Crippen molar-refractivity contribution in [2.45, 2.75) is 18.7 Å². The van der Waals surface area contributed by atoms with Gasteiger partial charge in [0, 0.05) is 6.92 Å². The highest BCUT2D eigenvalue weighted by molar-refractivity contribution is 6.13. The van der Waals surface area contributed by atoms with Gasteiger partial charge < -0.3 is 0 Å². The second kappa shape index (κ2) is 1.63. The molecule has 0 nitrogen and oxygen atoms in total. The van der Waals surface area contributed by atoms with Crippen LogP contribution in [0.2, 0.25) is 0 Å². The van der Waals surface area contributed by atoms with E-state index in [0.29, 0.717) is 0 Å². The maximum atomic E-state index is 11.5. The van der Waals surface area contributed by atoms with Crippen molar-refractivity contribution < 1.29 is 17.6 Å². The van der Waals surface area contributed by atoms with E-state index in [0.717, 1.165) is 0 Å². The van der Waals surface area contributed by atoms with Gasteiger partial charge >= 0.3 is 0 Å². The molecule has 0 spiro atoms. The Labute approximate surface area is 45.3 Å². The molecule has 0 atom stereocenters. The van der Waals surface area contributed by atoms with Crippen molar-refractivity contribution in [1.82, 2.24) is 0 Å². The van der Waals surface area contributed by atoms with Gasteiger partial charge in [-0.25, -0.2) is 17.6 Å².